The van der Waals surface area contributed by atoms with Crippen LogP contribution in [0.3, 0.4) is 0 Å². The molecule has 0 bridgehead atoms. The van der Waals surface area contributed by atoms with Crippen LogP contribution in [0.4, 0.5) is 8.78 Å². The van der Waals surface area contributed by atoms with Crippen molar-refractivity contribution in [1.29, 1.82) is 0 Å². The van der Waals surface area contributed by atoms with Gasteiger partial charge in [-0.3, -0.25) is 4.79 Å². The molecule has 0 radical (unpaired) electrons. The molecule has 3 aromatic carbocycles. The fraction of sp³-hybridized carbons (Fsp3) is 0.441. The summed E-state index contributed by atoms with van der Waals surface area (Å²) in [5, 5.41) is 9.65. The lowest BCUT2D eigenvalue weighted by atomic mass is 9.75. The highest BCUT2D eigenvalue weighted by atomic mass is 19.1. The molecule has 3 atom stereocenters. The maximum atomic E-state index is 15.7. The molecule has 210 valence electrons. The average molecular weight is 547 g/mol. The van der Waals surface area contributed by atoms with Gasteiger partial charge in [0.15, 0.2) is 0 Å². The summed E-state index contributed by atoms with van der Waals surface area (Å²) in [6, 6.07) is 13.8. The van der Waals surface area contributed by atoms with E-state index in [0.29, 0.717) is 34.6 Å². The number of rotatable bonds is 7. The Morgan fingerprint density at radius 2 is 1.77 bits per heavy atom. The monoisotopic (exact) mass is 546 g/mol. The second-order valence-corrected chi connectivity index (χ2v) is 12.5. The zero-order chi connectivity index (χ0) is 28.2. The van der Waals surface area contributed by atoms with Crippen molar-refractivity contribution in [3.63, 3.8) is 0 Å². The molecule has 40 heavy (non-hydrogen) atoms. The molecule has 6 rings (SSSR count). The van der Waals surface area contributed by atoms with E-state index in [-0.39, 0.29) is 29.3 Å². The predicted octanol–water partition coefficient (Wildman–Crippen LogP) is 8.19. The number of hydrogen-bond donors (Lipinski definition) is 1. The highest BCUT2D eigenvalue weighted by Crippen LogP contribution is 2.61. The van der Waals surface area contributed by atoms with E-state index in [1.165, 1.54) is 24.8 Å². The molecule has 2 saturated carbocycles. The molecule has 0 unspecified atom stereocenters. The molecule has 0 amide bonds. The first-order chi connectivity index (χ1) is 19.1. The molecule has 3 aliphatic carbocycles. The Balaban J connectivity index is 1.34. The number of fused-ring (bicyclic) bond motifs is 2. The van der Waals surface area contributed by atoms with Crippen molar-refractivity contribution in [3.8, 4) is 22.6 Å². The van der Waals surface area contributed by atoms with Gasteiger partial charge in [0.05, 0.1) is 13.0 Å². The summed E-state index contributed by atoms with van der Waals surface area (Å²) < 4.78 is 42.3. The van der Waals surface area contributed by atoms with Crippen molar-refractivity contribution in [2.24, 2.45) is 11.3 Å². The van der Waals surface area contributed by atoms with Gasteiger partial charge in [-0.2, -0.15) is 0 Å². The van der Waals surface area contributed by atoms with Crippen molar-refractivity contribution in [2.45, 2.75) is 76.7 Å². The Morgan fingerprint density at radius 3 is 2.48 bits per heavy atom. The predicted molar refractivity (Wildman–Crippen MR) is 150 cm³/mol. The van der Waals surface area contributed by atoms with Crippen molar-refractivity contribution in [1.82, 2.24) is 0 Å². The standard InChI is InChI=1S/C34H36F2O4/c1-33(2)12-5-7-27(33)25-14-21(31(36)17-24(25)26-15-22(39-3)10-11-30(26)35)19-40-23-9-8-20-6-4-13-34(28(20)16-23)18-29(34)32(37)38/h8-11,14-17,27,29H,4-7,12-13,18-19H2,1-3H3,(H,37,38)/t27-,29+,34+/m1/s1. The van der Waals surface area contributed by atoms with Gasteiger partial charge in [-0.15, -0.1) is 0 Å². The van der Waals surface area contributed by atoms with E-state index < -0.39 is 17.6 Å². The first-order valence-corrected chi connectivity index (χ1v) is 14.3. The number of ether oxygens (including phenoxy) is 2. The normalized spacial score (nSPS) is 24.5. The highest BCUT2D eigenvalue weighted by molar-refractivity contribution is 5.78. The largest absolute Gasteiger partial charge is 0.497 e. The lowest BCUT2D eigenvalue weighted by Gasteiger charge is -2.30. The van der Waals surface area contributed by atoms with Crippen LogP contribution in [0.1, 0.15) is 80.5 Å². The van der Waals surface area contributed by atoms with Crippen LogP contribution in [-0.2, 0) is 23.2 Å². The molecular formula is C34H36F2O4. The SMILES string of the molecule is COc1ccc(F)c(-c2cc(F)c(COc3ccc4c(c3)[C@]3(CCC4)C[C@H]3C(=O)O)cc2[C@H]2CCCC2(C)C)c1. The zero-order valence-corrected chi connectivity index (χ0v) is 23.4. The molecule has 3 aliphatic rings. The molecule has 1 spiro atoms. The quantitative estimate of drug-likeness (QED) is 0.325. The highest BCUT2D eigenvalue weighted by Gasteiger charge is 2.60. The second kappa shape index (κ2) is 9.90. The van der Waals surface area contributed by atoms with Crippen LogP contribution in [0.25, 0.3) is 11.1 Å². The molecule has 0 aromatic heterocycles. The maximum Gasteiger partial charge on any atom is 0.307 e. The third kappa shape index (κ3) is 4.55. The number of halogens is 2. The van der Waals surface area contributed by atoms with Crippen molar-refractivity contribution in [2.75, 3.05) is 7.11 Å². The van der Waals surface area contributed by atoms with E-state index in [1.54, 1.807) is 12.1 Å². The Kier molecular flexibility index (Phi) is 6.63. The van der Waals surface area contributed by atoms with E-state index >= 15 is 8.78 Å². The first kappa shape index (κ1) is 26.8. The number of aliphatic carboxylic acids is 1. The van der Waals surface area contributed by atoms with E-state index in [2.05, 4.69) is 13.8 Å². The van der Waals surface area contributed by atoms with Crippen LogP contribution in [-0.4, -0.2) is 18.2 Å². The third-order valence-corrected chi connectivity index (χ3v) is 9.77. The maximum absolute atomic E-state index is 15.7. The van der Waals surface area contributed by atoms with Crippen LogP contribution in [0.15, 0.2) is 48.5 Å². The lowest BCUT2D eigenvalue weighted by molar-refractivity contribution is -0.139. The molecule has 3 aromatic rings. The Bertz CT molecular complexity index is 1480. The van der Waals surface area contributed by atoms with Gasteiger partial charge in [-0.05, 0) is 115 Å². The smallest absolute Gasteiger partial charge is 0.307 e. The van der Waals surface area contributed by atoms with Crippen LogP contribution in [0, 0.1) is 23.0 Å². The number of carbonyl (C=O) groups is 1. The molecule has 0 heterocycles. The van der Waals surface area contributed by atoms with Gasteiger partial charge in [-0.25, -0.2) is 8.78 Å². The number of hydrogen-bond acceptors (Lipinski definition) is 3. The van der Waals surface area contributed by atoms with E-state index in [4.69, 9.17) is 9.47 Å². The number of methoxy groups -OCH3 is 1. The van der Waals surface area contributed by atoms with Gasteiger partial charge in [0, 0.05) is 16.5 Å². The average Bonchev–Trinajstić information content (AvgIpc) is 3.55. The van der Waals surface area contributed by atoms with Gasteiger partial charge >= 0.3 is 5.97 Å². The molecule has 6 heteroatoms. The Labute approximate surface area is 234 Å². The van der Waals surface area contributed by atoms with Crippen molar-refractivity contribution >= 4 is 5.97 Å². The first-order valence-electron chi connectivity index (χ1n) is 14.3. The van der Waals surface area contributed by atoms with E-state index in [9.17, 15) is 9.90 Å². The topological polar surface area (TPSA) is 55.8 Å². The minimum Gasteiger partial charge on any atom is -0.497 e. The van der Waals surface area contributed by atoms with E-state index in [0.717, 1.165) is 49.7 Å². The molecule has 0 aliphatic heterocycles. The fourth-order valence-electron chi connectivity index (χ4n) is 7.43. The van der Waals surface area contributed by atoms with Crippen LogP contribution in [0.5, 0.6) is 11.5 Å². The number of carboxylic acids is 1. The second-order valence-electron chi connectivity index (χ2n) is 12.5. The number of benzene rings is 3. The van der Waals surface area contributed by atoms with Crippen molar-refractivity contribution in [3.05, 3.63) is 82.4 Å². The number of aryl methyl sites for hydroxylation is 1. The van der Waals surface area contributed by atoms with E-state index in [1.807, 2.05) is 24.3 Å². The molecule has 4 nitrogen and oxygen atoms in total. The summed E-state index contributed by atoms with van der Waals surface area (Å²) >= 11 is 0. The molecule has 2 fully saturated rings. The zero-order valence-electron chi connectivity index (χ0n) is 23.4. The van der Waals surface area contributed by atoms with Crippen LogP contribution in [0.2, 0.25) is 0 Å². The Morgan fingerprint density at radius 1 is 0.975 bits per heavy atom. The van der Waals surface area contributed by atoms with Gasteiger partial charge < -0.3 is 14.6 Å². The summed E-state index contributed by atoms with van der Waals surface area (Å²) in [7, 11) is 1.53. The minimum atomic E-state index is -0.740. The molecule has 0 saturated heterocycles. The summed E-state index contributed by atoms with van der Waals surface area (Å²) in [5.74, 6) is -0.660. The van der Waals surface area contributed by atoms with Gasteiger partial charge in [0.1, 0.15) is 29.7 Å². The molecular weight excluding hydrogens is 510 g/mol. The summed E-state index contributed by atoms with van der Waals surface area (Å²) in [5.41, 5.74) is 4.20. The summed E-state index contributed by atoms with van der Waals surface area (Å²) in [6.45, 7) is 4.48. The van der Waals surface area contributed by atoms with Crippen LogP contribution < -0.4 is 9.47 Å². The molecule has 1 N–H and O–H groups in total. The number of carboxylic acid groups (broad SMARTS) is 1. The Hall–Kier alpha value is -3.41. The summed E-state index contributed by atoms with van der Waals surface area (Å²) in [6.07, 6.45) is 6.53. The lowest BCUT2D eigenvalue weighted by Crippen LogP contribution is -2.21. The minimum absolute atomic E-state index is 0.00218. The third-order valence-electron chi connectivity index (χ3n) is 9.77. The van der Waals surface area contributed by atoms with Crippen LogP contribution >= 0.6 is 0 Å². The van der Waals surface area contributed by atoms with Gasteiger partial charge in [0.2, 0.25) is 0 Å². The van der Waals surface area contributed by atoms with Crippen molar-refractivity contribution < 1.29 is 28.2 Å². The van der Waals surface area contributed by atoms with Gasteiger partial charge in [0.25, 0.3) is 0 Å². The van der Waals surface area contributed by atoms with Gasteiger partial charge in [-0.1, -0.05) is 26.3 Å². The fourth-order valence-corrected chi connectivity index (χ4v) is 7.43. The summed E-state index contributed by atoms with van der Waals surface area (Å²) in [4.78, 5) is 11.7.